The molecule has 82 valence electrons. The smallest absolute Gasteiger partial charge is 0.226 e. The molecule has 1 amide bonds. The standard InChI is InChI=1S/C13H14N2O/c1-15-6-5-10-8-14-11-4-2-3-9(13(10)11)7-12(15)16/h2-4,8,14H,5-7H2,1H3. The number of hydrogen-bond acceptors (Lipinski definition) is 1. The van der Waals surface area contributed by atoms with Gasteiger partial charge in [0.15, 0.2) is 0 Å². The Morgan fingerprint density at radius 3 is 3.06 bits per heavy atom. The summed E-state index contributed by atoms with van der Waals surface area (Å²) in [5.74, 6) is 0.208. The van der Waals surface area contributed by atoms with Crippen LogP contribution in [-0.4, -0.2) is 29.4 Å². The third-order valence-corrected chi connectivity index (χ3v) is 3.36. The van der Waals surface area contributed by atoms with E-state index < -0.39 is 0 Å². The number of carbonyl (C=O) groups is 1. The quantitative estimate of drug-likeness (QED) is 0.712. The fourth-order valence-corrected chi connectivity index (χ4v) is 2.39. The van der Waals surface area contributed by atoms with Gasteiger partial charge in [-0.15, -0.1) is 0 Å². The van der Waals surface area contributed by atoms with Gasteiger partial charge in [0.05, 0.1) is 6.42 Å². The first-order chi connectivity index (χ1) is 7.75. The van der Waals surface area contributed by atoms with Crippen molar-refractivity contribution in [1.82, 2.24) is 9.88 Å². The van der Waals surface area contributed by atoms with Gasteiger partial charge in [0.1, 0.15) is 0 Å². The number of likely N-dealkylation sites (N-methyl/N-ethyl adjacent to an activating group) is 1. The Bertz CT molecular complexity index is 556. The van der Waals surface area contributed by atoms with E-state index >= 15 is 0 Å². The molecule has 0 unspecified atom stereocenters. The third kappa shape index (κ3) is 1.32. The average Bonchev–Trinajstić information content (AvgIpc) is 2.68. The number of hydrogen-bond donors (Lipinski definition) is 1. The number of nitrogens with one attached hydrogen (secondary N) is 1. The molecule has 0 aliphatic carbocycles. The second kappa shape index (κ2) is 3.37. The Kier molecular flexibility index (Phi) is 1.99. The molecule has 1 N–H and O–H groups in total. The molecule has 2 heterocycles. The molecule has 1 aromatic carbocycles. The summed E-state index contributed by atoms with van der Waals surface area (Å²) in [5.41, 5.74) is 3.61. The molecule has 16 heavy (non-hydrogen) atoms. The van der Waals surface area contributed by atoms with Crippen molar-refractivity contribution in [3.8, 4) is 0 Å². The number of aromatic nitrogens is 1. The Morgan fingerprint density at radius 1 is 1.31 bits per heavy atom. The minimum Gasteiger partial charge on any atom is -0.361 e. The van der Waals surface area contributed by atoms with Crippen LogP contribution in [-0.2, 0) is 17.6 Å². The van der Waals surface area contributed by atoms with E-state index in [0.29, 0.717) is 6.42 Å². The van der Waals surface area contributed by atoms with Gasteiger partial charge in [0, 0.05) is 30.7 Å². The lowest BCUT2D eigenvalue weighted by atomic mass is 9.99. The molecule has 0 bridgehead atoms. The summed E-state index contributed by atoms with van der Waals surface area (Å²) in [4.78, 5) is 16.9. The van der Waals surface area contributed by atoms with Crippen LogP contribution in [0.3, 0.4) is 0 Å². The first kappa shape index (κ1) is 9.46. The van der Waals surface area contributed by atoms with Crippen LogP contribution < -0.4 is 0 Å². The molecular weight excluding hydrogens is 200 g/mol. The highest BCUT2D eigenvalue weighted by atomic mass is 16.2. The van der Waals surface area contributed by atoms with E-state index in [9.17, 15) is 4.79 Å². The number of nitrogens with zero attached hydrogens (tertiary/aromatic N) is 1. The summed E-state index contributed by atoms with van der Waals surface area (Å²) in [6.07, 6.45) is 3.51. The predicted octanol–water partition coefficient (Wildman–Crippen LogP) is 1.72. The molecule has 1 aromatic heterocycles. The topological polar surface area (TPSA) is 36.1 Å². The van der Waals surface area contributed by atoms with Crippen LogP contribution in [0.1, 0.15) is 11.1 Å². The van der Waals surface area contributed by atoms with E-state index in [1.807, 2.05) is 18.0 Å². The molecular formula is C13H14N2O. The molecule has 3 rings (SSSR count). The highest BCUT2D eigenvalue weighted by Gasteiger charge is 2.17. The van der Waals surface area contributed by atoms with E-state index in [1.54, 1.807) is 0 Å². The van der Waals surface area contributed by atoms with Gasteiger partial charge in [-0.3, -0.25) is 4.79 Å². The SMILES string of the molecule is CN1CCc2c[nH]c3cccc(c23)CC1=O. The number of rotatable bonds is 0. The average molecular weight is 214 g/mol. The number of carbonyl (C=O) groups excluding carboxylic acids is 1. The Labute approximate surface area is 94.1 Å². The van der Waals surface area contributed by atoms with Gasteiger partial charge >= 0.3 is 0 Å². The Hall–Kier alpha value is -1.77. The van der Waals surface area contributed by atoms with Crippen molar-refractivity contribution in [1.29, 1.82) is 0 Å². The largest absolute Gasteiger partial charge is 0.361 e. The number of H-pyrrole nitrogens is 1. The lowest BCUT2D eigenvalue weighted by Crippen LogP contribution is -2.31. The zero-order valence-electron chi connectivity index (χ0n) is 9.29. The van der Waals surface area contributed by atoms with Gasteiger partial charge in [-0.05, 0) is 23.6 Å². The monoisotopic (exact) mass is 214 g/mol. The fraction of sp³-hybridized carbons (Fsp3) is 0.308. The van der Waals surface area contributed by atoms with E-state index in [1.165, 1.54) is 10.9 Å². The Balaban J connectivity index is 2.22. The van der Waals surface area contributed by atoms with Crippen molar-refractivity contribution in [2.75, 3.05) is 13.6 Å². The molecule has 0 atom stereocenters. The molecule has 0 radical (unpaired) electrons. The molecule has 1 aliphatic heterocycles. The van der Waals surface area contributed by atoms with Crippen molar-refractivity contribution in [2.45, 2.75) is 12.8 Å². The van der Waals surface area contributed by atoms with Gasteiger partial charge in [0.25, 0.3) is 0 Å². The van der Waals surface area contributed by atoms with Gasteiger partial charge in [0.2, 0.25) is 5.91 Å². The molecule has 3 heteroatoms. The zero-order valence-corrected chi connectivity index (χ0v) is 9.29. The minimum atomic E-state index is 0.208. The van der Waals surface area contributed by atoms with Crippen molar-refractivity contribution in [3.63, 3.8) is 0 Å². The third-order valence-electron chi connectivity index (χ3n) is 3.36. The van der Waals surface area contributed by atoms with Crippen LogP contribution in [0, 0.1) is 0 Å². The summed E-state index contributed by atoms with van der Waals surface area (Å²) in [7, 11) is 1.88. The van der Waals surface area contributed by atoms with E-state index in [0.717, 1.165) is 24.0 Å². The summed E-state index contributed by atoms with van der Waals surface area (Å²) < 4.78 is 0. The lowest BCUT2D eigenvalue weighted by molar-refractivity contribution is -0.129. The van der Waals surface area contributed by atoms with Crippen molar-refractivity contribution >= 4 is 16.8 Å². The zero-order chi connectivity index (χ0) is 11.1. The molecule has 2 aromatic rings. The van der Waals surface area contributed by atoms with Crippen LogP contribution in [0.2, 0.25) is 0 Å². The van der Waals surface area contributed by atoms with Crippen LogP contribution in [0.5, 0.6) is 0 Å². The maximum Gasteiger partial charge on any atom is 0.226 e. The van der Waals surface area contributed by atoms with Crippen LogP contribution in [0.4, 0.5) is 0 Å². The number of amides is 1. The normalized spacial score (nSPS) is 16.3. The lowest BCUT2D eigenvalue weighted by Gasteiger charge is -2.20. The number of aromatic amines is 1. The molecule has 3 nitrogen and oxygen atoms in total. The van der Waals surface area contributed by atoms with Gasteiger partial charge in [-0.2, -0.15) is 0 Å². The van der Waals surface area contributed by atoms with Crippen LogP contribution in [0.15, 0.2) is 24.4 Å². The molecule has 0 spiro atoms. The number of benzene rings is 1. The fourth-order valence-electron chi connectivity index (χ4n) is 2.39. The maximum atomic E-state index is 11.9. The summed E-state index contributed by atoms with van der Waals surface area (Å²) in [6.45, 7) is 0.806. The highest BCUT2D eigenvalue weighted by Crippen LogP contribution is 2.25. The predicted molar refractivity (Wildman–Crippen MR) is 63.3 cm³/mol. The molecule has 0 saturated carbocycles. The summed E-state index contributed by atoms with van der Waals surface area (Å²) in [6, 6.07) is 6.13. The summed E-state index contributed by atoms with van der Waals surface area (Å²) >= 11 is 0. The van der Waals surface area contributed by atoms with Gasteiger partial charge < -0.3 is 9.88 Å². The van der Waals surface area contributed by atoms with Crippen LogP contribution in [0.25, 0.3) is 10.9 Å². The van der Waals surface area contributed by atoms with Gasteiger partial charge in [-0.1, -0.05) is 12.1 Å². The highest BCUT2D eigenvalue weighted by molar-refractivity contribution is 5.91. The van der Waals surface area contributed by atoms with Crippen molar-refractivity contribution in [2.24, 2.45) is 0 Å². The van der Waals surface area contributed by atoms with E-state index in [2.05, 4.69) is 23.3 Å². The molecule has 1 aliphatic rings. The second-order valence-corrected chi connectivity index (χ2v) is 4.40. The van der Waals surface area contributed by atoms with Gasteiger partial charge in [-0.25, -0.2) is 0 Å². The minimum absolute atomic E-state index is 0.208. The first-order valence-corrected chi connectivity index (χ1v) is 5.57. The first-order valence-electron chi connectivity index (χ1n) is 5.57. The van der Waals surface area contributed by atoms with Crippen molar-refractivity contribution in [3.05, 3.63) is 35.5 Å². The second-order valence-electron chi connectivity index (χ2n) is 4.40. The molecule has 0 saturated heterocycles. The summed E-state index contributed by atoms with van der Waals surface area (Å²) in [5, 5.41) is 1.25. The van der Waals surface area contributed by atoms with Crippen LogP contribution >= 0.6 is 0 Å². The maximum absolute atomic E-state index is 11.9. The molecule has 0 fully saturated rings. The van der Waals surface area contributed by atoms with Crippen molar-refractivity contribution < 1.29 is 4.79 Å². The van der Waals surface area contributed by atoms with E-state index in [-0.39, 0.29) is 5.91 Å². The van der Waals surface area contributed by atoms with E-state index in [4.69, 9.17) is 0 Å². The Morgan fingerprint density at radius 2 is 2.19 bits per heavy atom.